The van der Waals surface area contributed by atoms with Gasteiger partial charge in [-0.1, -0.05) is 11.6 Å². The average Bonchev–Trinajstić information content (AvgIpc) is 2.98. The van der Waals surface area contributed by atoms with Crippen molar-refractivity contribution in [1.29, 1.82) is 0 Å². The molecule has 0 spiro atoms. The second kappa shape index (κ2) is 6.58. The molecule has 2 aromatic rings. The van der Waals surface area contributed by atoms with Gasteiger partial charge in [0, 0.05) is 10.6 Å². The maximum absolute atomic E-state index is 12.9. The summed E-state index contributed by atoms with van der Waals surface area (Å²) in [6.45, 7) is 0. The van der Waals surface area contributed by atoms with Crippen molar-refractivity contribution >= 4 is 35.6 Å². The van der Waals surface area contributed by atoms with Crippen LogP contribution in [0.25, 0.3) is 6.08 Å². The first-order valence-corrected chi connectivity index (χ1v) is 7.85. The molecule has 1 aliphatic heterocycles. The van der Waals surface area contributed by atoms with Gasteiger partial charge in [-0.15, -0.1) is 0 Å². The third-order valence-electron chi connectivity index (χ3n) is 3.48. The number of hydrogen-bond donors (Lipinski definition) is 3. The molecule has 0 atom stereocenters. The van der Waals surface area contributed by atoms with E-state index in [0.717, 1.165) is 18.2 Å². The van der Waals surface area contributed by atoms with Gasteiger partial charge in [-0.2, -0.15) is 13.2 Å². The Labute approximate surface area is 154 Å². The van der Waals surface area contributed by atoms with Crippen molar-refractivity contribution in [3.63, 3.8) is 0 Å². The summed E-state index contributed by atoms with van der Waals surface area (Å²) in [4.78, 5) is 20.7. The van der Waals surface area contributed by atoms with Crippen molar-refractivity contribution in [3.05, 3.63) is 72.9 Å². The number of aliphatic imine (C=N–C) groups is 1. The molecule has 0 saturated carbocycles. The first kappa shape index (κ1) is 18.2. The van der Waals surface area contributed by atoms with E-state index < -0.39 is 23.2 Å². The van der Waals surface area contributed by atoms with E-state index in [9.17, 15) is 23.1 Å². The van der Waals surface area contributed by atoms with Gasteiger partial charge in [-0.25, -0.2) is 4.99 Å². The molecule has 1 aromatic carbocycles. The molecule has 2 heterocycles. The predicted molar refractivity (Wildman–Crippen MR) is 94.0 cm³/mol. The first-order chi connectivity index (χ1) is 12.1. The summed E-state index contributed by atoms with van der Waals surface area (Å²) in [6, 6.07) is 2.93. The number of rotatable bonds is 2. The Balaban J connectivity index is 2.03. The molecule has 3 N–H and O–H groups in total. The maximum Gasteiger partial charge on any atom is 0.416 e. The first-order valence-electron chi connectivity index (χ1n) is 7.06. The number of H-pyrrole nitrogens is 2. The van der Waals surface area contributed by atoms with E-state index in [1.807, 2.05) is 0 Å². The summed E-state index contributed by atoms with van der Waals surface area (Å²) >= 11 is 10.7. The van der Waals surface area contributed by atoms with Crippen LogP contribution in [0.5, 0.6) is 5.88 Å². The monoisotopic (exact) mass is 399 g/mol. The standard InChI is InChI=1S/C16H9ClF3N3O2S/c17-11-3-1-7(16(18,19)20)5-9(11)12-4-2-8(21-12)6-10-13(24)22-15(26)23-14(10)25/h1-6H,(H3,22,23,24,25,26). The van der Waals surface area contributed by atoms with Crippen LogP contribution in [0.1, 0.15) is 16.7 Å². The Morgan fingerprint density at radius 2 is 1.96 bits per heavy atom. The molecule has 1 aromatic heterocycles. The van der Waals surface area contributed by atoms with Crippen molar-refractivity contribution in [2.75, 3.05) is 0 Å². The van der Waals surface area contributed by atoms with Gasteiger partial charge in [0.05, 0.1) is 17.0 Å². The van der Waals surface area contributed by atoms with Gasteiger partial charge >= 0.3 is 6.18 Å². The third kappa shape index (κ3) is 3.63. The highest BCUT2D eigenvalue weighted by atomic mass is 35.5. The Morgan fingerprint density at radius 3 is 2.62 bits per heavy atom. The molecule has 0 amide bonds. The summed E-state index contributed by atoms with van der Waals surface area (Å²) in [6.07, 6.45) is -0.303. The lowest BCUT2D eigenvalue weighted by Gasteiger charge is -2.09. The molecule has 5 nitrogen and oxygen atoms in total. The lowest BCUT2D eigenvalue weighted by Crippen LogP contribution is -2.11. The van der Waals surface area contributed by atoms with E-state index in [1.54, 1.807) is 0 Å². The fourth-order valence-electron chi connectivity index (χ4n) is 2.27. The summed E-state index contributed by atoms with van der Waals surface area (Å²) in [5.74, 6) is -0.444. The van der Waals surface area contributed by atoms with E-state index in [1.165, 1.54) is 18.2 Å². The fraction of sp³-hybridized carbons (Fsp3) is 0.0625. The number of aromatic amines is 2. The van der Waals surface area contributed by atoms with E-state index in [0.29, 0.717) is 0 Å². The largest absolute Gasteiger partial charge is 0.494 e. The molecule has 0 radical (unpaired) electrons. The van der Waals surface area contributed by atoms with Crippen LogP contribution in [-0.2, 0) is 6.18 Å². The van der Waals surface area contributed by atoms with Gasteiger partial charge in [0.15, 0.2) is 4.77 Å². The molecule has 134 valence electrons. The molecule has 0 bridgehead atoms. The van der Waals surface area contributed by atoms with Crippen LogP contribution in [0.15, 0.2) is 45.8 Å². The lowest BCUT2D eigenvalue weighted by atomic mass is 10.1. The second-order valence-electron chi connectivity index (χ2n) is 5.26. The van der Waals surface area contributed by atoms with Crippen molar-refractivity contribution in [2.45, 2.75) is 6.18 Å². The third-order valence-corrected chi connectivity index (χ3v) is 4.02. The quantitative estimate of drug-likeness (QED) is 0.662. The highest BCUT2D eigenvalue weighted by molar-refractivity contribution is 7.71. The molecule has 0 saturated heterocycles. The van der Waals surface area contributed by atoms with Crippen molar-refractivity contribution in [3.8, 4) is 5.88 Å². The van der Waals surface area contributed by atoms with Gasteiger partial charge in [-0.05, 0) is 48.6 Å². The Bertz CT molecular complexity index is 1100. The molecule has 3 rings (SSSR count). The molecule has 0 unspecified atom stereocenters. The molecule has 0 fully saturated rings. The van der Waals surface area contributed by atoms with Crippen molar-refractivity contribution in [2.24, 2.45) is 4.99 Å². The summed E-state index contributed by atoms with van der Waals surface area (Å²) in [5.41, 5.74) is -1.04. The zero-order chi connectivity index (χ0) is 19.1. The molecular formula is C16H9ClF3N3O2S. The second-order valence-corrected chi connectivity index (χ2v) is 6.08. The number of alkyl halides is 3. The normalized spacial score (nSPS) is 15.5. The van der Waals surface area contributed by atoms with Crippen LogP contribution in [0.2, 0.25) is 5.02 Å². The average molecular weight is 400 g/mol. The number of aromatic hydroxyl groups is 1. The Kier molecular flexibility index (Phi) is 4.59. The van der Waals surface area contributed by atoms with Gasteiger partial charge in [-0.3, -0.25) is 9.78 Å². The SMILES string of the molecule is O=c1[nH]c(=S)[nH]c(O)c1C=C1C=CC(c2cc(C(F)(F)F)ccc2Cl)=N1. The number of nitrogens with zero attached hydrogens (tertiary/aromatic N) is 1. The minimum absolute atomic E-state index is 0.0449. The van der Waals surface area contributed by atoms with Crippen LogP contribution in [-0.4, -0.2) is 20.8 Å². The molecule has 10 heteroatoms. The van der Waals surface area contributed by atoms with Gasteiger partial charge in [0.25, 0.3) is 5.56 Å². The fourth-order valence-corrected chi connectivity index (χ4v) is 2.68. The summed E-state index contributed by atoms with van der Waals surface area (Å²) < 4.78 is 38.6. The topological polar surface area (TPSA) is 81.2 Å². The van der Waals surface area contributed by atoms with Crippen LogP contribution >= 0.6 is 23.8 Å². The Hall–Kier alpha value is -2.65. The highest BCUT2D eigenvalue weighted by Crippen LogP contribution is 2.33. The van der Waals surface area contributed by atoms with Crippen LogP contribution in [0, 0.1) is 4.77 Å². The zero-order valence-electron chi connectivity index (χ0n) is 12.7. The van der Waals surface area contributed by atoms with Crippen LogP contribution < -0.4 is 5.56 Å². The van der Waals surface area contributed by atoms with Crippen LogP contribution in [0.3, 0.4) is 0 Å². The smallest absolute Gasteiger partial charge is 0.416 e. The predicted octanol–water partition coefficient (Wildman–Crippen LogP) is 4.21. The van der Waals surface area contributed by atoms with E-state index in [4.69, 9.17) is 23.8 Å². The minimum atomic E-state index is -4.51. The van der Waals surface area contributed by atoms with Gasteiger partial charge in [0.2, 0.25) is 5.88 Å². The lowest BCUT2D eigenvalue weighted by molar-refractivity contribution is -0.137. The number of aromatic nitrogens is 2. The van der Waals surface area contributed by atoms with E-state index in [-0.39, 0.29) is 32.3 Å². The van der Waals surface area contributed by atoms with E-state index >= 15 is 0 Å². The van der Waals surface area contributed by atoms with E-state index in [2.05, 4.69) is 15.0 Å². The summed E-state index contributed by atoms with van der Waals surface area (Å²) in [5, 5.41) is 9.88. The number of halogens is 4. The van der Waals surface area contributed by atoms with Crippen molar-refractivity contribution < 1.29 is 18.3 Å². The molecular weight excluding hydrogens is 391 g/mol. The number of nitrogens with one attached hydrogen (secondary N) is 2. The Morgan fingerprint density at radius 1 is 1.23 bits per heavy atom. The number of hydrogen-bond acceptors (Lipinski definition) is 4. The molecule has 26 heavy (non-hydrogen) atoms. The van der Waals surface area contributed by atoms with Gasteiger partial charge < -0.3 is 10.1 Å². The van der Waals surface area contributed by atoms with Crippen LogP contribution in [0.4, 0.5) is 13.2 Å². The molecule has 1 aliphatic rings. The maximum atomic E-state index is 12.9. The van der Waals surface area contributed by atoms with Gasteiger partial charge in [0.1, 0.15) is 5.56 Å². The highest BCUT2D eigenvalue weighted by Gasteiger charge is 2.31. The number of allylic oxidation sites excluding steroid dienone is 2. The zero-order valence-corrected chi connectivity index (χ0v) is 14.3. The summed E-state index contributed by atoms with van der Waals surface area (Å²) in [7, 11) is 0. The minimum Gasteiger partial charge on any atom is -0.494 e. The molecule has 0 aliphatic carbocycles. The number of benzene rings is 1. The van der Waals surface area contributed by atoms with Crippen molar-refractivity contribution in [1.82, 2.24) is 9.97 Å².